The van der Waals surface area contributed by atoms with Gasteiger partial charge in [-0.1, -0.05) is 0 Å². The molecule has 0 saturated carbocycles. The summed E-state index contributed by atoms with van der Waals surface area (Å²) in [6, 6.07) is 3.42. The number of anilines is 3. The van der Waals surface area contributed by atoms with Crippen LogP contribution in [0.4, 0.5) is 17.1 Å². The molecule has 0 radical (unpaired) electrons. The lowest BCUT2D eigenvalue weighted by Gasteiger charge is -2.26. The van der Waals surface area contributed by atoms with Crippen LogP contribution >= 0.6 is 0 Å². The fourth-order valence-corrected chi connectivity index (χ4v) is 3.86. The number of nitrogens with zero attached hydrogens (tertiary/aromatic N) is 1. The Morgan fingerprint density at radius 2 is 2.05 bits per heavy atom. The van der Waals surface area contributed by atoms with Crippen molar-refractivity contribution in [3.8, 4) is 5.75 Å². The number of carbonyl (C=O) groups is 1. The minimum Gasteiger partial charge on any atom is -0.482 e. The first-order valence-corrected chi connectivity index (χ1v) is 8.58. The molecular formula is C13H17N3O4S. The van der Waals surface area contributed by atoms with Crippen molar-refractivity contribution in [3.63, 3.8) is 0 Å². The normalized spacial score (nSPS) is 21.0. The molecule has 3 rings (SSSR count). The number of amides is 1. The molecule has 1 amide bonds. The lowest BCUT2D eigenvalue weighted by Crippen LogP contribution is -2.29. The first-order chi connectivity index (χ1) is 9.94. The predicted molar refractivity (Wildman–Crippen MR) is 80.5 cm³/mol. The minimum absolute atomic E-state index is 0.0201. The third-order valence-electron chi connectivity index (χ3n) is 3.66. The Labute approximate surface area is 123 Å². The minimum atomic E-state index is -2.98. The van der Waals surface area contributed by atoms with Gasteiger partial charge in [-0.3, -0.25) is 4.79 Å². The molecular weight excluding hydrogens is 294 g/mol. The van der Waals surface area contributed by atoms with Gasteiger partial charge in [0.05, 0.1) is 28.6 Å². The van der Waals surface area contributed by atoms with Gasteiger partial charge in [0.1, 0.15) is 5.75 Å². The van der Waals surface area contributed by atoms with Crippen molar-refractivity contribution in [3.05, 3.63) is 12.1 Å². The van der Waals surface area contributed by atoms with Gasteiger partial charge in [-0.25, -0.2) is 8.42 Å². The Balaban J connectivity index is 1.91. The molecule has 3 N–H and O–H groups in total. The maximum absolute atomic E-state index is 11.7. The van der Waals surface area contributed by atoms with Gasteiger partial charge in [0.25, 0.3) is 5.91 Å². The molecule has 0 atom stereocenters. The fourth-order valence-electron chi connectivity index (χ4n) is 2.58. The molecule has 21 heavy (non-hydrogen) atoms. The van der Waals surface area contributed by atoms with E-state index in [1.54, 1.807) is 12.1 Å². The number of ether oxygens (including phenoxy) is 1. The van der Waals surface area contributed by atoms with Crippen LogP contribution < -0.4 is 20.7 Å². The highest BCUT2D eigenvalue weighted by molar-refractivity contribution is 7.91. The van der Waals surface area contributed by atoms with Crippen LogP contribution in [0.25, 0.3) is 0 Å². The van der Waals surface area contributed by atoms with Crippen LogP contribution in [-0.2, 0) is 14.6 Å². The Morgan fingerprint density at radius 1 is 1.24 bits per heavy atom. The largest absolute Gasteiger partial charge is 0.482 e. The highest BCUT2D eigenvalue weighted by atomic mass is 32.2. The number of nitrogens with two attached hydrogens (primary N) is 1. The number of benzene rings is 1. The van der Waals surface area contributed by atoms with Gasteiger partial charge in [-0.2, -0.15) is 0 Å². The Morgan fingerprint density at radius 3 is 2.86 bits per heavy atom. The summed E-state index contributed by atoms with van der Waals surface area (Å²) in [5, 5.41) is 2.73. The van der Waals surface area contributed by atoms with Gasteiger partial charge < -0.3 is 20.7 Å². The molecule has 1 aromatic carbocycles. The first kappa shape index (κ1) is 14.0. The lowest BCUT2D eigenvalue weighted by atomic mass is 10.1. The number of sulfone groups is 1. The molecule has 8 heteroatoms. The number of rotatable bonds is 1. The first-order valence-electron chi connectivity index (χ1n) is 6.76. The van der Waals surface area contributed by atoms with E-state index in [0.29, 0.717) is 36.6 Å². The van der Waals surface area contributed by atoms with Crippen molar-refractivity contribution in [1.29, 1.82) is 0 Å². The molecule has 7 nitrogen and oxygen atoms in total. The standard InChI is InChI=1S/C13H17N3O4S/c14-9-6-12-10(15-13(17)8-20-12)7-11(9)16-2-1-4-21(18,19)5-3-16/h6-7H,1-5,8,14H2,(H,15,17). The third-order valence-corrected chi connectivity index (χ3v) is 5.37. The summed E-state index contributed by atoms with van der Waals surface area (Å²) in [4.78, 5) is 13.3. The Kier molecular flexibility index (Phi) is 3.40. The average Bonchev–Trinajstić information content (AvgIpc) is 2.59. The Hall–Kier alpha value is -1.96. The van der Waals surface area contributed by atoms with Crippen LogP contribution in [0, 0.1) is 0 Å². The van der Waals surface area contributed by atoms with Crippen LogP contribution in [0.15, 0.2) is 12.1 Å². The van der Waals surface area contributed by atoms with Crippen LogP contribution in [0.3, 0.4) is 0 Å². The van der Waals surface area contributed by atoms with Gasteiger partial charge in [-0.05, 0) is 12.5 Å². The van der Waals surface area contributed by atoms with Crippen molar-refractivity contribution >= 4 is 32.8 Å². The number of fused-ring (bicyclic) bond motifs is 1. The highest BCUT2D eigenvalue weighted by Gasteiger charge is 2.23. The van der Waals surface area contributed by atoms with E-state index < -0.39 is 9.84 Å². The topological polar surface area (TPSA) is 102 Å². The molecule has 0 unspecified atom stereocenters. The second-order valence-corrected chi connectivity index (χ2v) is 7.54. The van der Waals surface area contributed by atoms with Crippen molar-refractivity contribution in [2.24, 2.45) is 0 Å². The number of hydrogen-bond acceptors (Lipinski definition) is 6. The van der Waals surface area contributed by atoms with E-state index >= 15 is 0 Å². The van der Waals surface area contributed by atoms with E-state index in [0.717, 1.165) is 5.69 Å². The third kappa shape index (κ3) is 2.90. The van der Waals surface area contributed by atoms with Crippen molar-refractivity contribution in [2.45, 2.75) is 6.42 Å². The predicted octanol–water partition coefficient (Wildman–Crippen LogP) is 0.225. The number of nitrogens with one attached hydrogen (secondary N) is 1. The van der Waals surface area contributed by atoms with Gasteiger partial charge in [0.2, 0.25) is 0 Å². The van der Waals surface area contributed by atoms with Crippen molar-refractivity contribution < 1.29 is 17.9 Å². The molecule has 0 spiro atoms. The average molecular weight is 311 g/mol. The van der Waals surface area contributed by atoms with E-state index in [1.165, 1.54) is 0 Å². The smallest absolute Gasteiger partial charge is 0.262 e. The summed E-state index contributed by atoms with van der Waals surface area (Å²) >= 11 is 0. The summed E-state index contributed by atoms with van der Waals surface area (Å²) in [5.74, 6) is 0.649. The summed E-state index contributed by atoms with van der Waals surface area (Å²) in [5.41, 5.74) is 7.87. The molecule has 0 bridgehead atoms. The summed E-state index contributed by atoms with van der Waals surface area (Å²) in [6.07, 6.45) is 0.571. The van der Waals surface area contributed by atoms with Crippen LogP contribution in [0.1, 0.15) is 6.42 Å². The molecule has 1 saturated heterocycles. The molecule has 2 aliphatic rings. The molecule has 0 aliphatic carbocycles. The molecule has 1 fully saturated rings. The SMILES string of the molecule is Nc1cc2c(cc1N1CCCS(=O)(=O)CC1)NC(=O)CO2. The lowest BCUT2D eigenvalue weighted by molar-refractivity contribution is -0.118. The maximum Gasteiger partial charge on any atom is 0.262 e. The molecule has 2 aliphatic heterocycles. The zero-order chi connectivity index (χ0) is 15.0. The number of hydrogen-bond donors (Lipinski definition) is 2. The number of carbonyl (C=O) groups excluding carboxylic acids is 1. The molecule has 0 aromatic heterocycles. The monoisotopic (exact) mass is 311 g/mol. The van der Waals surface area contributed by atoms with Gasteiger partial charge in [-0.15, -0.1) is 0 Å². The second-order valence-electron chi connectivity index (χ2n) is 5.24. The van der Waals surface area contributed by atoms with E-state index in [-0.39, 0.29) is 24.0 Å². The maximum atomic E-state index is 11.7. The van der Waals surface area contributed by atoms with E-state index in [1.807, 2.05) is 4.90 Å². The van der Waals surface area contributed by atoms with Crippen molar-refractivity contribution in [1.82, 2.24) is 0 Å². The highest BCUT2D eigenvalue weighted by Crippen LogP contribution is 2.37. The van der Waals surface area contributed by atoms with Gasteiger partial charge in [0.15, 0.2) is 16.4 Å². The molecule has 2 heterocycles. The summed E-state index contributed by atoms with van der Waals surface area (Å²) < 4.78 is 28.7. The van der Waals surface area contributed by atoms with Crippen LogP contribution in [0.2, 0.25) is 0 Å². The summed E-state index contributed by atoms with van der Waals surface area (Å²) in [6.45, 7) is 1.00. The van der Waals surface area contributed by atoms with E-state index in [2.05, 4.69) is 5.32 Å². The zero-order valence-corrected chi connectivity index (χ0v) is 12.3. The summed E-state index contributed by atoms with van der Waals surface area (Å²) in [7, 11) is -2.98. The number of nitrogen functional groups attached to an aromatic ring is 1. The van der Waals surface area contributed by atoms with E-state index in [4.69, 9.17) is 10.5 Å². The Bertz CT molecular complexity index is 687. The molecule has 1 aromatic rings. The quantitative estimate of drug-likeness (QED) is 0.720. The van der Waals surface area contributed by atoms with Gasteiger partial charge >= 0.3 is 0 Å². The van der Waals surface area contributed by atoms with Crippen molar-refractivity contribution in [2.75, 3.05) is 47.2 Å². The van der Waals surface area contributed by atoms with E-state index in [9.17, 15) is 13.2 Å². The van der Waals surface area contributed by atoms with Crippen LogP contribution in [0.5, 0.6) is 5.75 Å². The van der Waals surface area contributed by atoms with Crippen LogP contribution in [-0.4, -0.2) is 45.5 Å². The van der Waals surface area contributed by atoms with Gasteiger partial charge in [0, 0.05) is 19.2 Å². The second kappa shape index (κ2) is 5.10. The fraction of sp³-hybridized carbons (Fsp3) is 0.462. The molecule has 114 valence electrons. The zero-order valence-electron chi connectivity index (χ0n) is 11.5.